The quantitative estimate of drug-likeness (QED) is 0.161. The summed E-state index contributed by atoms with van der Waals surface area (Å²) in [7, 11) is 0. The molecule has 2 nitrogen and oxygen atoms in total. The number of furan rings is 1. The second-order valence-electron chi connectivity index (χ2n) is 13.0. The second kappa shape index (κ2) is 13.8. The molecule has 0 saturated heterocycles. The molecule has 0 fully saturated rings. The van der Waals surface area contributed by atoms with E-state index in [0.717, 1.165) is 61.6 Å². The summed E-state index contributed by atoms with van der Waals surface area (Å²) in [4.78, 5) is 2.31. The van der Waals surface area contributed by atoms with E-state index in [9.17, 15) is 0 Å². The summed E-state index contributed by atoms with van der Waals surface area (Å²) >= 11 is 0. The van der Waals surface area contributed by atoms with Crippen LogP contribution in [0.15, 0.2) is 217 Å². The minimum absolute atomic E-state index is 0.864. The molecule has 0 spiro atoms. The number of fused-ring (bicyclic) bond motifs is 1. The highest BCUT2D eigenvalue weighted by Crippen LogP contribution is 2.41. The van der Waals surface area contributed by atoms with Gasteiger partial charge in [0.1, 0.15) is 11.3 Å². The van der Waals surface area contributed by atoms with E-state index >= 15 is 0 Å². The fourth-order valence-corrected chi connectivity index (χ4v) is 7.13. The van der Waals surface area contributed by atoms with Crippen molar-refractivity contribution in [2.45, 2.75) is 0 Å². The van der Waals surface area contributed by atoms with Crippen LogP contribution in [0, 0.1) is 0 Å². The molecule has 1 aromatic heterocycles. The van der Waals surface area contributed by atoms with E-state index < -0.39 is 0 Å². The van der Waals surface area contributed by atoms with Gasteiger partial charge >= 0.3 is 0 Å². The van der Waals surface area contributed by atoms with Crippen molar-refractivity contribution in [2.24, 2.45) is 0 Å². The molecule has 52 heavy (non-hydrogen) atoms. The molecule has 0 aliphatic carbocycles. The molecular weight excluding hydrogens is 631 g/mol. The van der Waals surface area contributed by atoms with Crippen LogP contribution < -0.4 is 4.90 Å². The van der Waals surface area contributed by atoms with Crippen LogP contribution in [0.25, 0.3) is 66.8 Å². The molecule has 0 N–H and O–H groups in total. The van der Waals surface area contributed by atoms with E-state index in [1.165, 1.54) is 22.3 Å². The highest BCUT2D eigenvalue weighted by molar-refractivity contribution is 5.91. The third kappa shape index (κ3) is 6.08. The summed E-state index contributed by atoms with van der Waals surface area (Å²) in [6.07, 6.45) is 0. The van der Waals surface area contributed by atoms with E-state index in [0.29, 0.717) is 0 Å². The maximum atomic E-state index is 6.41. The van der Waals surface area contributed by atoms with E-state index in [1.54, 1.807) is 0 Å². The number of rotatable bonds is 8. The number of hydrogen-bond acceptors (Lipinski definition) is 2. The van der Waals surface area contributed by atoms with Crippen molar-refractivity contribution in [3.8, 4) is 55.8 Å². The first-order valence-corrected chi connectivity index (χ1v) is 17.7. The predicted molar refractivity (Wildman–Crippen MR) is 218 cm³/mol. The van der Waals surface area contributed by atoms with Gasteiger partial charge in [0.2, 0.25) is 0 Å². The van der Waals surface area contributed by atoms with Crippen LogP contribution in [0.4, 0.5) is 17.1 Å². The van der Waals surface area contributed by atoms with Gasteiger partial charge in [0.25, 0.3) is 0 Å². The van der Waals surface area contributed by atoms with Gasteiger partial charge in [0.15, 0.2) is 0 Å². The molecule has 0 unspecified atom stereocenters. The molecule has 0 bridgehead atoms. The first-order chi connectivity index (χ1) is 25.8. The normalized spacial score (nSPS) is 11.1. The number of hydrogen-bond donors (Lipinski definition) is 0. The Morgan fingerprint density at radius 2 is 0.731 bits per heavy atom. The Morgan fingerprint density at radius 3 is 1.33 bits per heavy atom. The zero-order valence-corrected chi connectivity index (χ0v) is 28.6. The third-order valence-electron chi connectivity index (χ3n) is 9.72. The molecule has 0 atom stereocenters. The van der Waals surface area contributed by atoms with Gasteiger partial charge in [-0.05, 0) is 99.1 Å². The molecular formula is C50H35NO. The van der Waals surface area contributed by atoms with Crippen molar-refractivity contribution in [1.29, 1.82) is 0 Å². The predicted octanol–water partition coefficient (Wildman–Crippen LogP) is 14.2. The van der Waals surface area contributed by atoms with Gasteiger partial charge in [-0.25, -0.2) is 0 Å². The first-order valence-electron chi connectivity index (χ1n) is 17.7. The summed E-state index contributed by atoms with van der Waals surface area (Å²) in [6.45, 7) is 0. The number of nitrogens with zero attached hydrogens (tertiary/aromatic N) is 1. The number of para-hydroxylation sites is 2. The number of benzene rings is 8. The lowest BCUT2D eigenvalue weighted by Gasteiger charge is -2.26. The summed E-state index contributed by atoms with van der Waals surface area (Å²) in [6, 6.07) is 75.1. The molecule has 9 aromatic rings. The average Bonchev–Trinajstić information content (AvgIpc) is 3.67. The summed E-state index contributed by atoms with van der Waals surface area (Å²) in [5.41, 5.74) is 14.7. The molecule has 0 aliphatic heterocycles. The zero-order valence-electron chi connectivity index (χ0n) is 28.6. The van der Waals surface area contributed by atoms with Crippen LogP contribution in [-0.2, 0) is 0 Å². The van der Waals surface area contributed by atoms with Gasteiger partial charge in [0.05, 0.1) is 0 Å². The zero-order chi connectivity index (χ0) is 34.7. The molecule has 0 amide bonds. The molecule has 2 heteroatoms. The van der Waals surface area contributed by atoms with Crippen LogP contribution in [0.2, 0.25) is 0 Å². The van der Waals surface area contributed by atoms with Gasteiger partial charge in [-0.2, -0.15) is 0 Å². The Balaban J connectivity index is 1.08. The van der Waals surface area contributed by atoms with Crippen molar-refractivity contribution in [3.63, 3.8) is 0 Å². The topological polar surface area (TPSA) is 16.4 Å². The van der Waals surface area contributed by atoms with Crippen LogP contribution in [0.1, 0.15) is 0 Å². The Labute approximate surface area is 304 Å². The second-order valence-corrected chi connectivity index (χ2v) is 13.0. The number of anilines is 3. The minimum atomic E-state index is 0.864. The summed E-state index contributed by atoms with van der Waals surface area (Å²) in [5, 5.41) is 1.10. The van der Waals surface area contributed by atoms with Gasteiger partial charge in [-0.3, -0.25) is 0 Å². The summed E-state index contributed by atoms with van der Waals surface area (Å²) < 4.78 is 6.41. The lowest BCUT2D eigenvalue weighted by atomic mass is 9.93. The largest absolute Gasteiger partial charge is 0.456 e. The monoisotopic (exact) mass is 665 g/mol. The first kappa shape index (κ1) is 31.1. The van der Waals surface area contributed by atoms with E-state index in [1.807, 2.05) is 12.1 Å². The van der Waals surface area contributed by atoms with Crippen LogP contribution >= 0.6 is 0 Å². The molecule has 246 valence electrons. The van der Waals surface area contributed by atoms with Crippen molar-refractivity contribution in [2.75, 3.05) is 4.90 Å². The Kier molecular flexibility index (Phi) is 8.24. The van der Waals surface area contributed by atoms with Crippen molar-refractivity contribution in [3.05, 3.63) is 212 Å². The maximum Gasteiger partial charge on any atom is 0.136 e. The van der Waals surface area contributed by atoms with Gasteiger partial charge in [-0.1, -0.05) is 158 Å². The SMILES string of the molecule is c1ccc(-c2ccccc2-c2ccc(N(c3ccccc3)c3ccc(-c4ccc(-c5ccccc5)c(-c5cc6ccccc6o5)c4)cc3)cc2)cc1. The third-order valence-corrected chi connectivity index (χ3v) is 9.72. The molecule has 8 aromatic carbocycles. The van der Waals surface area contributed by atoms with Crippen LogP contribution in [0.5, 0.6) is 0 Å². The van der Waals surface area contributed by atoms with E-state index in [-0.39, 0.29) is 0 Å². The van der Waals surface area contributed by atoms with Gasteiger partial charge in [0, 0.05) is 28.0 Å². The molecule has 0 aliphatic rings. The fraction of sp³-hybridized carbons (Fsp3) is 0. The van der Waals surface area contributed by atoms with Gasteiger partial charge < -0.3 is 9.32 Å². The van der Waals surface area contributed by atoms with Crippen molar-refractivity contribution < 1.29 is 4.42 Å². The Morgan fingerprint density at radius 1 is 0.288 bits per heavy atom. The maximum absolute atomic E-state index is 6.41. The highest BCUT2D eigenvalue weighted by Gasteiger charge is 2.16. The Bertz CT molecular complexity index is 2560. The average molecular weight is 666 g/mol. The lowest BCUT2D eigenvalue weighted by molar-refractivity contribution is 0.632. The Hall–Kier alpha value is -6.90. The van der Waals surface area contributed by atoms with E-state index in [4.69, 9.17) is 4.42 Å². The van der Waals surface area contributed by atoms with Crippen LogP contribution in [-0.4, -0.2) is 0 Å². The molecule has 9 rings (SSSR count). The molecule has 0 saturated carbocycles. The smallest absolute Gasteiger partial charge is 0.136 e. The van der Waals surface area contributed by atoms with Crippen LogP contribution in [0.3, 0.4) is 0 Å². The van der Waals surface area contributed by atoms with Crippen molar-refractivity contribution >= 4 is 28.0 Å². The highest BCUT2D eigenvalue weighted by atomic mass is 16.3. The van der Waals surface area contributed by atoms with E-state index in [2.05, 4.69) is 205 Å². The molecule has 0 radical (unpaired) electrons. The van der Waals surface area contributed by atoms with Crippen molar-refractivity contribution in [1.82, 2.24) is 0 Å². The standard InChI is InChI=1S/C50H35NO/c1-4-14-37(15-5-1)45-21-11-12-22-46(45)39-26-31-44(32-27-39)51(42-19-8-3-9-20-42)43-29-24-36(25-30-43)40-28-33-47(38-16-6-2-7-17-38)48(34-40)50-35-41-18-10-13-23-49(41)52-50/h1-35H. The summed E-state index contributed by atoms with van der Waals surface area (Å²) in [5.74, 6) is 0.864. The van der Waals surface area contributed by atoms with Gasteiger partial charge in [-0.15, -0.1) is 0 Å². The molecule has 1 heterocycles. The fourth-order valence-electron chi connectivity index (χ4n) is 7.13. The minimum Gasteiger partial charge on any atom is -0.456 e. The lowest BCUT2D eigenvalue weighted by Crippen LogP contribution is -2.09.